The van der Waals surface area contributed by atoms with Crippen LogP contribution in [0.25, 0.3) is 0 Å². The molecule has 0 saturated carbocycles. The zero-order chi connectivity index (χ0) is 18.3. The molecule has 2 N–H and O–H groups in total. The number of para-hydroxylation sites is 1. The molecule has 0 bridgehead atoms. The van der Waals surface area contributed by atoms with E-state index in [0.717, 1.165) is 12.1 Å². The number of rotatable bonds is 7. The van der Waals surface area contributed by atoms with E-state index >= 15 is 0 Å². The molecule has 0 aliphatic carbocycles. The molecule has 0 radical (unpaired) electrons. The number of carbonyl (C=O) groups excluding carboxylic acids is 2. The first-order valence-electron chi connectivity index (χ1n) is 8.88. The summed E-state index contributed by atoms with van der Waals surface area (Å²) in [6, 6.07) is 9.67. The lowest BCUT2D eigenvalue weighted by atomic mass is 9.86. The minimum atomic E-state index is -0.822. The van der Waals surface area contributed by atoms with E-state index in [2.05, 4.69) is 10.6 Å². The topological polar surface area (TPSA) is 70.7 Å². The average molecular weight is 347 g/mol. The van der Waals surface area contributed by atoms with Gasteiger partial charge in [0.1, 0.15) is 5.54 Å². The second-order valence-corrected chi connectivity index (χ2v) is 6.84. The van der Waals surface area contributed by atoms with E-state index < -0.39 is 5.54 Å². The number of hydrogen-bond acceptors (Lipinski definition) is 4. The van der Waals surface area contributed by atoms with Crippen molar-refractivity contribution in [3.8, 4) is 0 Å². The quantitative estimate of drug-likeness (QED) is 0.739. The van der Waals surface area contributed by atoms with Crippen molar-refractivity contribution in [2.45, 2.75) is 32.2 Å². The zero-order valence-corrected chi connectivity index (χ0v) is 15.4. The summed E-state index contributed by atoms with van der Waals surface area (Å²) in [6.45, 7) is 5.76. The first kappa shape index (κ1) is 19.2. The molecule has 6 heteroatoms. The normalized spacial score (nSPS) is 20.4. The minimum absolute atomic E-state index is 0.0796. The SMILES string of the molecule is COCCNC(=O)C1(Nc2ccccc2)CCCN(C(=O)C(C)C)C1. The number of nitrogens with zero attached hydrogens (tertiary/aromatic N) is 1. The number of piperidine rings is 1. The Morgan fingerprint density at radius 1 is 1.28 bits per heavy atom. The molecular weight excluding hydrogens is 318 g/mol. The maximum atomic E-state index is 13.0. The third-order valence-corrected chi connectivity index (χ3v) is 4.48. The zero-order valence-electron chi connectivity index (χ0n) is 15.4. The molecule has 1 aromatic carbocycles. The Kier molecular flexibility index (Phi) is 6.82. The Morgan fingerprint density at radius 2 is 2.00 bits per heavy atom. The first-order chi connectivity index (χ1) is 12.0. The van der Waals surface area contributed by atoms with Crippen molar-refractivity contribution in [2.24, 2.45) is 5.92 Å². The largest absolute Gasteiger partial charge is 0.383 e. The predicted molar refractivity (Wildman–Crippen MR) is 98.3 cm³/mol. The summed E-state index contributed by atoms with van der Waals surface area (Å²) < 4.78 is 5.02. The molecule has 1 aromatic rings. The maximum Gasteiger partial charge on any atom is 0.247 e. The maximum absolute atomic E-state index is 13.0. The van der Waals surface area contributed by atoms with Gasteiger partial charge in [0, 0.05) is 31.8 Å². The number of anilines is 1. The molecule has 2 amide bonds. The Labute approximate surface area is 149 Å². The van der Waals surface area contributed by atoms with Crippen molar-refractivity contribution >= 4 is 17.5 Å². The molecular formula is C19H29N3O3. The van der Waals surface area contributed by atoms with Crippen LogP contribution in [0.2, 0.25) is 0 Å². The number of hydrogen-bond donors (Lipinski definition) is 2. The van der Waals surface area contributed by atoms with Gasteiger partial charge in [0.2, 0.25) is 11.8 Å². The van der Waals surface area contributed by atoms with Gasteiger partial charge < -0.3 is 20.3 Å². The Morgan fingerprint density at radius 3 is 2.64 bits per heavy atom. The van der Waals surface area contributed by atoms with Crippen LogP contribution in [-0.4, -0.2) is 55.6 Å². The molecule has 1 aliphatic heterocycles. The van der Waals surface area contributed by atoms with Gasteiger partial charge in [0.05, 0.1) is 13.2 Å². The smallest absolute Gasteiger partial charge is 0.247 e. The number of methoxy groups -OCH3 is 1. The molecule has 1 unspecified atom stereocenters. The van der Waals surface area contributed by atoms with Crippen molar-refractivity contribution in [1.82, 2.24) is 10.2 Å². The van der Waals surface area contributed by atoms with Crippen LogP contribution in [0, 0.1) is 5.92 Å². The molecule has 1 aliphatic rings. The lowest BCUT2D eigenvalue weighted by Crippen LogP contribution is -2.63. The van der Waals surface area contributed by atoms with Gasteiger partial charge in [0.15, 0.2) is 0 Å². The van der Waals surface area contributed by atoms with Crippen molar-refractivity contribution in [2.75, 3.05) is 38.7 Å². The first-order valence-corrected chi connectivity index (χ1v) is 8.88. The molecule has 6 nitrogen and oxygen atoms in total. The van der Waals surface area contributed by atoms with Gasteiger partial charge in [-0.15, -0.1) is 0 Å². The van der Waals surface area contributed by atoms with Crippen LogP contribution in [0.4, 0.5) is 5.69 Å². The van der Waals surface area contributed by atoms with Crippen molar-refractivity contribution in [3.05, 3.63) is 30.3 Å². The monoisotopic (exact) mass is 347 g/mol. The summed E-state index contributed by atoms with van der Waals surface area (Å²) >= 11 is 0. The van der Waals surface area contributed by atoms with E-state index in [-0.39, 0.29) is 17.7 Å². The summed E-state index contributed by atoms with van der Waals surface area (Å²) in [5.41, 5.74) is 0.0565. The van der Waals surface area contributed by atoms with E-state index in [0.29, 0.717) is 32.7 Å². The minimum Gasteiger partial charge on any atom is -0.383 e. The Bertz CT molecular complexity index is 577. The lowest BCUT2D eigenvalue weighted by molar-refractivity contribution is -0.138. The number of carbonyl (C=O) groups is 2. The van der Waals surface area contributed by atoms with Gasteiger partial charge in [0.25, 0.3) is 0 Å². The highest BCUT2D eigenvalue weighted by atomic mass is 16.5. The fourth-order valence-electron chi connectivity index (χ4n) is 3.19. The molecule has 1 fully saturated rings. The Hall–Kier alpha value is -2.08. The highest BCUT2D eigenvalue weighted by Crippen LogP contribution is 2.27. The molecule has 0 spiro atoms. The standard InChI is InChI=1S/C19H29N3O3/c1-15(2)17(23)22-12-7-10-19(14-22,18(24)20-11-13-25-3)21-16-8-5-4-6-9-16/h4-6,8-9,15,21H,7,10-14H2,1-3H3,(H,20,24). The number of likely N-dealkylation sites (tertiary alicyclic amines) is 1. The van der Waals surface area contributed by atoms with E-state index in [1.807, 2.05) is 44.2 Å². The van der Waals surface area contributed by atoms with Gasteiger partial charge in [-0.3, -0.25) is 9.59 Å². The number of amides is 2. The number of ether oxygens (including phenoxy) is 1. The van der Waals surface area contributed by atoms with E-state index in [9.17, 15) is 9.59 Å². The second kappa shape index (κ2) is 8.85. The number of nitrogens with one attached hydrogen (secondary N) is 2. The summed E-state index contributed by atoms with van der Waals surface area (Å²) in [4.78, 5) is 27.2. The van der Waals surface area contributed by atoms with Gasteiger partial charge in [-0.05, 0) is 25.0 Å². The van der Waals surface area contributed by atoms with Crippen molar-refractivity contribution in [1.29, 1.82) is 0 Å². The average Bonchev–Trinajstić information content (AvgIpc) is 2.62. The lowest BCUT2D eigenvalue weighted by Gasteiger charge is -2.43. The molecule has 1 atom stereocenters. The van der Waals surface area contributed by atoms with E-state index in [4.69, 9.17) is 4.74 Å². The van der Waals surface area contributed by atoms with Gasteiger partial charge in [-0.25, -0.2) is 0 Å². The molecule has 25 heavy (non-hydrogen) atoms. The molecule has 1 saturated heterocycles. The third kappa shape index (κ3) is 4.95. The Balaban J connectivity index is 2.21. The highest BCUT2D eigenvalue weighted by Gasteiger charge is 2.43. The van der Waals surface area contributed by atoms with E-state index in [1.54, 1.807) is 12.0 Å². The van der Waals surface area contributed by atoms with Crippen LogP contribution in [-0.2, 0) is 14.3 Å². The third-order valence-electron chi connectivity index (χ3n) is 4.48. The van der Waals surface area contributed by atoms with Gasteiger partial charge in [-0.1, -0.05) is 32.0 Å². The number of benzene rings is 1. The summed E-state index contributed by atoms with van der Waals surface area (Å²) in [5.74, 6) is -0.0811. The summed E-state index contributed by atoms with van der Waals surface area (Å²) in [7, 11) is 1.60. The van der Waals surface area contributed by atoms with Crippen molar-refractivity contribution < 1.29 is 14.3 Å². The summed E-state index contributed by atoms with van der Waals surface area (Å²) in [6.07, 6.45) is 1.47. The fraction of sp³-hybridized carbons (Fsp3) is 0.579. The van der Waals surface area contributed by atoms with Crippen molar-refractivity contribution in [3.63, 3.8) is 0 Å². The predicted octanol–water partition coefficient (Wildman–Crippen LogP) is 1.88. The van der Waals surface area contributed by atoms with Crippen LogP contribution < -0.4 is 10.6 Å². The summed E-state index contributed by atoms with van der Waals surface area (Å²) in [5, 5.41) is 6.34. The van der Waals surface area contributed by atoms with Gasteiger partial charge in [-0.2, -0.15) is 0 Å². The fourth-order valence-corrected chi connectivity index (χ4v) is 3.19. The van der Waals surface area contributed by atoms with Crippen LogP contribution >= 0.6 is 0 Å². The highest BCUT2D eigenvalue weighted by molar-refractivity contribution is 5.91. The molecule has 138 valence electrons. The van der Waals surface area contributed by atoms with Crippen LogP contribution in [0.15, 0.2) is 30.3 Å². The second-order valence-electron chi connectivity index (χ2n) is 6.84. The molecule has 0 aromatic heterocycles. The van der Waals surface area contributed by atoms with Crippen LogP contribution in [0.3, 0.4) is 0 Å². The molecule has 2 rings (SSSR count). The molecule has 1 heterocycles. The van der Waals surface area contributed by atoms with Gasteiger partial charge >= 0.3 is 0 Å². The van der Waals surface area contributed by atoms with Crippen LogP contribution in [0.1, 0.15) is 26.7 Å². The van der Waals surface area contributed by atoms with E-state index in [1.165, 1.54) is 0 Å². The van der Waals surface area contributed by atoms with Crippen LogP contribution in [0.5, 0.6) is 0 Å².